The molecule has 0 bridgehead atoms. The molecule has 3 aromatic rings. The fraction of sp³-hybridized carbons (Fsp3) is 0.188. The maximum atomic E-state index is 6.20. The molecule has 0 radical (unpaired) electrons. The van der Waals surface area contributed by atoms with Crippen LogP contribution < -0.4 is 0 Å². The number of aryl methyl sites for hydroxylation is 2. The summed E-state index contributed by atoms with van der Waals surface area (Å²) < 4.78 is 2.15. The van der Waals surface area contributed by atoms with Crippen molar-refractivity contribution >= 4 is 34.2 Å². The van der Waals surface area contributed by atoms with E-state index >= 15 is 0 Å². The van der Waals surface area contributed by atoms with E-state index in [9.17, 15) is 0 Å². The molecule has 0 aliphatic rings. The van der Waals surface area contributed by atoms with Crippen LogP contribution in [0.1, 0.15) is 11.4 Å². The van der Waals surface area contributed by atoms with Crippen LogP contribution >= 0.6 is 23.2 Å². The van der Waals surface area contributed by atoms with Crippen molar-refractivity contribution < 1.29 is 0 Å². The van der Waals surface area contributed by atoms with Crippen LogP contribution in [-0.2, 0) is 18.8 Å². The number of halogens is 2. The second-order valence-electron chi connectivity index (χ2n) is 4.66. The molecule has 0 amide bonds. The summed E-state index contributed by atoms with van der Waals surface area (Å²) in [6.07, 6.45) is 0.947. The van der Waals surface area contributed by atoms with Crippen molar-refractivity contribution in [3.8, 4) is 0 Å². The molecular formula is C16H14Cl2N2. The van der Waals surface area contributed by atoms with E-state index in [4.69, 9.17) is 23.2 Å². The standard InChI is InChI=1S/C16H14Cl2N2/c17-11-15-19-16-13(18)7-4-8-14(16)20(15)10-9-12-5-2-1-3-6-12/h1-8H,9-11H2. The Kier molecular flexibility index (Phi) is 3.95. The van der Waals surface area contributed by atoms with Crippen molar-refractivity contribution in [2.24, 2.45) is 0 Å². The molecule has 0 saturated heterocycles. The third-order valence-electron chi connectivity index (χ3n) is 3.40. The number of fused-ring (bicyclic) bond motifs is 1. The lowest BCUT2D eigenvalue weighted by Crippen LogP contribution is -2.05. The fourth-order valence-electron chi connectivity index (χ4n) is 2.40. The average Bonchev–Trinajstić information content (AvgIpc) is 2.85. The summed E-state index contributed by atoms with van der Waals surface area (Å²) in [5.74, 6) is 1.26. The van der Waals surface area contributed by atoms with E-state index in [1.807, 2.05) is 24.3 Å². The highest BCUT2D eigenvalue weighted by molar-refractivity contribution is 6.35. The highest BCUT2D eigenvalue weighted by Gasteiger charge is 2.11. The minimum atomic E-state index is 0.389. The van der Waals surface area contributed by atoms with Gasteiger partial charge in [-0.1, -0.05) is 48.0 Å². The topological polar surface area (TPSA) is 17.8 Å². The Morgan fingerprint density at radius 2 is 1.80 bits per heavy atom. The zero-order valence-electron chi connectivity index (χ0n) is 10.9. The SMILES string of the molecule is ClCc1nc2c(Cl)cccc2n1CCc1ccccc1. The lowest BCUT2D eigenvalue weighted by molar-refractivity contribution is 0.688. The third kappa shape index (κ3) is 2.54. The number of hydrogen-bond donors (Lipinski definition) is 0. The highest BCUT2D eigenvalue weighted by atomic mass is 35.5. The number of aromatic nitrogens is 2. The summed E-state index contributed by atoms with van der Waals surface area (Å²) in [7, 11) is 0. The summed E-state index contributed by atoms with van der Waals surface area (Å²) in [6.45, 7) is 0.850. The molecule has 0 aliphatic carbocycles. The first kappa shape index (κ1) is 13.5. The van der Waals surface area contributed by atoms with Crippen LogP contribution in [-0.4, -0.2) is 9.55 Å². The number of alkyl halides is 1. The molecule has 102 valence electrons. The van der Waals surface area contributed by atoms with Gasteiger partial charge in [0.1, 0.15) is 11.3 Å². The second-order valence-corrected chi connectivity index (χ2v) is 5.33. The van der Waals surface area contributed by atoms with E-state index in [2.05, 4.69) is 33.8 Å². The molecule has 0 spiro atoms. The number of benzene rings is 2. The molecule has 4 heteroatoms. The Balaban J connectivity index is 1.96. The molecule has 2 nitrogen and oxygen atoms in total. The molecule has 0 fully saturated rings. The van der Waals surface area contributed by atoms with Crippen LogP contribution in [0.2, 0.25) is 5.02 Å². The summed E-state index contributed by atoms with van der Waals surface area (Å²) in [4.78, 5) is 4.54. The van der Waals surface area contributed by atoms with Gasteiger partial charge in [-0.05, 0) is 24.1 Å². The van der Waals surface area contributed by atoms with Crippen molar-refractivity contribution in [2.45, 2.75) is 18.8 Å². The van der Waals surface area contributed by atoms with Gasteiger partial charge < -0.3 is 4.57 Å². The zero-order valence-corrected chi connectivity index (χ0v) is 12.4. The lowest BCUT2D eigenvalue weighted by Gasteiger charge is -2.08. The van der Waals surface area contributed by atoms with Gasteiger partial charge in [-0.2, -0.15) is 0 Å². The Bertz CT molecular complexity index is 720. The van der Waals surface area contributed by atoms with Crippen LogP contribution in [0, 0.1) is 0 Å². The smallest absolute Gasteiger partial charge is 0.124 e. The lowest BCUT2D eigenvalue weighted by atomic mass is 10.1. The average molecular weight is 305 g/mol. The monoisotopic (exact) mass is 304 g/mol. The van der Waals surface area contributed by atoms with E-state index in [1.54, 1.807) is 0 Å². The minimum absolute atomic E-state index is 0.389. The summed E-state index contributed by atoms with van der Waals surface area (Å²) in [5, 5.41) is 0.673. The van der Waals surface area contributed by atoms with Gasteiger partial charge in [-0.3, -0.25) is 0 Å². The van der Waals surface area contributed by atoms with Crippen molar-refractivity contribution in [1.82, 2.24) is 9.55 Å². The van der Waals surface area contributed by atoms with Gasteiger partial charge in [0, 0.05) is 6.54 Å². The first-order chi connectivity index (χ1) is 9.79. The number of para-hydroxylation sites is 1. The molecule has 1 aromatic heterocycles. The first-order valence-electron chi connectivity index (χ1n) is 6.53. The predicted molar refractivity (Wildman–Crippen MR) is 84.4 cm³/mol. The Morgan fingerprint density at radius 3 is 2.55 bits per heavy atom. The molecule has 20 heavy (non-hydrogen) atoms. The molecule has 2 aromatic carbocycles. The highest BCUT2D eigenvalue weighted by Crippen LogP contribution is 2.25. The van der Waals surface area contributed by atoms with Gasteiger partial charge in [0.2, 0.25) is 0 Å². The summed E-state index contributed by atoms with van der Waals surface area (Å²) in [6, 6.07) is 16.2. The van der Waals surface area contributed by atoms with Gasteiger partial charge in [-0.15, -0.1) is 11.6 Å². The maximum Gasteiger partial charge on any atom is 0.124 e. The Morgan fingerprint density at radius 1 is 1.00 bits per heavy atom. The predicted octanol–water partition coefficient (Wildman–Crippen LogP) is 4.67. The Labute approximate surface area is 128 Å². The summed E-state index contributed by atoms with van der Waals surface area (Å²) in [5.41, 5.74) is 3.18. The van der Waals surface area contributed by atoms with Crippen LogP contribution in [0.4, 0.5) is 0 Å². The molecule has 0 aliphatic heterocycles. The van der Waals surface area contributed by atoms with E-state index < -0.39 is 0 Å². The number of rotatable bonds is 4. The van der Waals surface area contributed by atoms with Crippen molar-refractivity contribution in [3.05, 3.63) is 64.9 Å². The molecule has 1 heterocycles. The van der Waals surface area contributed by atoms with E-state index in [1.165, 1.54) is 5.56 Å². The van der Waals surface area contributed by atoms with Crippen LogP contribution in [0.5, 0.6) is 0 Å². The Hall–Kier alpha value is -1.51. The number of nitrogens with zero attached hydrogens (tertiary/aromatic N) is 2. The largest absolute Gasteiger partial charge is 0.327 e. The normalized spacial score (nSPS) is 11.1. The second kappa shape index (κ2) is 5.86. The molecule has 3 rings (SSSR count). The van der Waals surface area contributed by atoms with Gasteiger partial charge in [0.25, 0.3) is 0 Å². The molecular weight excluding hydrogens is 291 g/mol. The quantitative estimate of drug-likeness (QED) is 0.640. The number of hydrogen-bond acceptors (Lipinski definition) is 1. The van der Waals surface area contributed by atoms with E-state index in [0.29, 0.717) is 10.9 Å². The van der Waals surface area contributed by atoms with Crippen molar-refractivity contribution in [1.29, 1.82) is 0 Å². The van der Waals surface area contributed by atoms with Crippen molar-refractivity contribution in [2.75, 3.05) is 0 Å². The van der Waals surface area contributed by atoms with Gasteiger partial charge in [0.15, 0.2) is 0 Å². The van der Waals surface area contributed by atoms with Gasteiger partial charge >= 0.3 is 0 Å². The van der Waals surface area contributed by atoms with Gasteiger partial charge in [0.05, 0.1) is 16.4 Å². The summed E-state index contributed by atoms with van der Waals surface area (Å²) >= 11 is 12.2. The first-order valence-corrected chi connectivity index (χ1v) is 7.44. The zero-order chi connectivity index (χ0) is 13.9. The van der Waals surface area contributed by atoms with Crippen molar-refractivity contribution in [3.63, 3.8) is 0 Å². The number of imidazole rings is 1. The third-order valence-corrected chi connectivity index (χ3v) is 3.94. The van der Waals surface area contributed by atoms with Crippen LogP contribution in [0.15, 0.2) is 48.5 Å². The van der Waals surface area contributed by atoms with Gasteiger partial charge in [-0.25, -0.2) is 4.98 Å². The maximum absolute atomic E-state index is 6.20. The van der Waals surface area contributed by atoms with E-state index in [0.717, 1.165) is 29.8 Å². The molecule has 0 saturated carbocycles. The van der Waals surface area contributed by atoms with Crippen LogP contribution in [0.25, 0.3) is 11.0 Å². The minimum Gasteiger partial charge on any atom is -0.327 e. The molecule has 0 N–H and O–H groups in total. The fourth-order valence-corrected chi connectivity index (χ4v) is 2.81. The molecule has 0 atom stereocenters. The van der Waals surface area contributed by atoms with Crippen LogP contribution in [0.3, 0.4) is 0 Å². The molecule has 0 unspecified atom stereocenters. The van der Waals surface area contributed by atoms with E-state index in [-0.39, 0.29) is 0 Å².